The van der Waals surface area contributed by atoms with Crippen molar-refractivity contribution in [3.05, 3.63) is 16.9 Å². The zero-order chi connectivity index (χ0) is 11.5. The Labute approximate surface area is 105 Å². The van der Waals surface area contributed by atoms with Gasteiger partial charge in [0.1, 0.15) is 0 Å². The minimum atomic E-state index is 0.620. The molecule has 1 fully saturated rings. The lowest BCUT2D eigenvalue weighted by molar-refractivity contribution is 0.450. The lowest BCUT2D eigenvalue weighted by Gasteiger charge is -2.38. The van der Waals surface area contributed by atoms with Gasteiger partial charge in [0.15, 0.2) is 0 Å². The molecule has 0 bridgehead atoms. The number of halogens is 1. The highest BCUT2D eigenvalue weighted by molar-refractivity contribution is 9.10. The Morgan fingerprint density at radius 1 is 1.50 bits per heavy atom. The molecule has 1 aliphatic rings. The predicted octanol–water partition coefficient (Wildman–Crippen LogP) is 3.20. The topological polar surface area (TPSA) is 42.1 Å². The quantitative estimate of drug-likeness (QED) is 0.906. The van der Waals surface area contributed by atoms with Gasteiger partial charge in [-0.05, 0) is 41.6 Å². The average Bonchev–Trinajstić information content (AvgIpc) is 2.29. The molecule has 0 spiro atoms. The summed E-state index contributed by atoms with van der Waals surface area (Å²) in [6.45, 7) is 3.35. The summed E-state index contributed by atoms with van der Waals surface area (Å²) < 4.78 is 1.01. The monoisotopic (exact) mass is 283 g/mol. The van der Waals surface area contributed by atoms with Crippen LogP contribution in [0.1, 0.15) is 32.6 Å². The first-order valence-corrected chi connectivity index (χ1v) is 6.69. The van der Waals surface area contributed by atoms with Crippen molar-refractivity contribution in [3.8, 4) is 0 Å². The van der Waals surface area contributed by atoms with Gasteiger partial charge in [0, 0.05) is 18.8 Å². The van der Waals surface area contributed by atoms with Gasteiger partial charge in [0.25, 0.3) is 0 Å². The van der Waals surface area contributed by atoms with Gasteiger partial charge >= 0.3 is 0 Å². The average molecular weight is 284 g/mol. The minimum Gasteiger partial charge on any atom is -0.396 e. The van der Waals surface area contributed by atoms with E-state index in [0.29, 0.717) is 6.04 Å². The Balaban J connectivity index is 2.34. The number of nitrogens with two attached hydrogens (primary N) is 1. The Bertz CT molecular complexity index is 347. The van der Waals surface area contributed by atoms with E-state index in [4.69, 9.17) is 5.73 Å². The van der Waals surface area contributed by atoms with Gasteiger partial charge in [-0.25, -0.2) is 0 Å². The highest BCUT2D eigenvalue weighted by Gasteiger charge is 2.24. The maximum atomic E-state index is 6.03. The molecule has 1 saturated heterocycles. The Morgan fingerprint density at radius 3 is 3.00 bits per heavy atom. The second-order valence-electron chi connectivity index (χ2n) is 4.31. The van der Waals surface area contributed by atoms with Crippen LogP contribution in [-0.2, 0) is 0 Å². The third kappa shape index (κ3) is 2.17. The smallest absolute Gasteiger partial charge is 0.0778 e. The fraction of sp³-hybridized carbons (Fsp3) is 0.583. The maximum Gasteiger partial charge on any atom is 0.0778 e. The molecule has 4 heteroatoms. The van der Waals surface area contributed by atoms with Crippen LogP contribution in [0.3, 0.4) is 0 Å². The normalized spacial score (nSPS) is 21.1. The van der Waals surface area contributed by atoms with Crippen molar-refractivity contribution in [2.45, 2.75) is 38.6 Å². The highest BCUT2D eigenvalue weighted by Crippen LogP contribution is 2.36. The summed E-state index contributed by atoms with van der Waals surface area (Å²) in [7, 11) is 0. The molecule has 0 saturated carbocycles. The summed E-state index contributed by atoms with van der Waals surface area (Å²) >= 11 is 3.56. The maximum absolute atomic E-state index is 6.03. The van der Waals surface area contributed by atoms with Gasteiger partial charge in [0.05, 0.1) is 22.0 Å². The predicted molar refractivity (Wildman–Crippen MR) is 71.6 cm³/mol. The van der Waals surface area contributed by atoms with Crippen LogP contribution >= 0.6 is 15.9 Å². The summed E-state index contributed by atoms with van der Waals surface area (Å²) in [4.78, 5) is 6.53. The molecule has 0 aliphatic carbocycles. The van der Waals surface area contributed by atoms with E-state index >= 15 is 0 Å². The molecule has 16 heavy (non-hydrogen) atoms. The molecule has 1 unspecified atom stereocenters. The second kappa shape index (κ2) is 5.04. The number of nitrogens with zero attached hydrogens (tertiary/aromatic N) is 2. The van der Waals surface area contributed by atoms with Crippen LogP contribution < -0.4 is 10.6 Å². The van der Waals surface area contributed by atoms with Crippen LogP contribution in [0.5, 0.6) is 0 Å². The number of aromatic nitrogens is 1. The summed E-state index contributed by atoms with van der Waals surface area (Å²) in [5.74, 6) is 0. The first kappa shape index (κ1) is 11.7. The van der Waals surface area contributed by atoms with Crippen molar-refractivity contribution < 1.29 is 0 Å². The first-order chi connectivity index (χ1) is 7.74. The fourth-order valence-corrected chi connectivity index (χ4v) is 3.04. The van der Waals surface area contributed by atoms with E-state index in [0.717, 1.165) is 22.4 Å². The van der Waals surface area contributed by atoms with Crippen molar-refractivity contribution in [1.29, 1.82) is 0 Å². The number of nitrogen functional groups attached to an aromatic ring is 1. The molecule has 0 amide bonds. The minimum absolute atomic E-state index is 0.620. The van der Waals surface area contributed by atoms with Crippen molar-refractivity contribution in [3.63, 3.8) is 0 Å². The number of piperidine rings is 1. The highest BCUT2D eigenvalue weighted by atomic mass is 79.9. The van der Waals surface area contributed by atoms with Crippen LogP contribution in [0.4, 0.5) is 11.4 Å². The molecule has 3 nitrogen and oxygen atoms in total. The summed E-state index contributed by atoms with van der Waals surface area (Å²) in [6.07, 6.45) is 8.59. The molecule has 2 rings (SSSR count). The summed E-state index contributed by atoms with van der Waals surface area (Å²) in [6, 6.07) is 0.620. The number of rotatable bonds is 2. The Hall–Kier alpha value is -0.770. The lowest BCUT2D eigenvalue weighted by Crippen LogP contribution is -2.39. The molecule has 0 aromatic carbocycles. The SMILES string of the molecule is CCC1CCCCN1c1c(N)cncc1Br. The van der Waals surface area contributed by atoms with Gasteiger partial charge in [0.2, 0.25) is 0 Å². The van der Waals surface area contributed by atoms with Crippen molar-refractivity contribution in [2.24, 2.45) is 0 Å². The van der Waals surface area contributed by atoms with Crippen LogP contribution in [0.25, 0.3) is 0 Å². The third-order valence-corrected chi connectivity index (χ3v) is 3.87. The third-order valence-electron chi connectivity index (χ3n) is 3.29. The summed E-state index contributed by atoms with van der Waals surface area (Å²) in [5, 5.41) is 0. The molecule has 88 valence electrons. The zero-order valence-corrected chi connectivity index (χ0v) is 11.2. The van der Waals surface area contributed by atoms with Gasteiger partial charge in [-0.1, -0.05) is 6.92 Å². The van der Waals surface area contributed by atoms with E-state index in [9.17, 15) is 0 Å². The standard InChI is InChI=1S/C12H18BrN3/c1-2-9-5-3-4-6-16(9)12-10(13)7-15-8-11(12)14/h7-9H,2-6,14H2,1H3. The van der Waals surface area contributed by atoms with Crippen LogP contribution in [0, 0.1) is 0 Å². The van der Waals surface area contributed by atoms with Gasteiger partial charge < -0.3 is 10.6 Å². The van der Waals surface area contributed by atoms with E-state index in [2.05, 4.69) is 32.7 Å². The van der Waals surface area contributed by atoms with Crippen molar-refractivity contribution >= 4 is 27.3 Å². The molecule has 1 aromatic rings. The Kier molecular flexibility index (Phi) is 3.69. The molecule has 1 aromatic heterocycles. The van der Waals surface area contributed by atoms with Crippen LogP contribution in [0.15, 0.2) is 16.9 Å². The number of anilines is 2. The van der Waals surface area contributed by atoms with Crippen molar-refractivity contribution in [2.75, 3.05) is 17.2 Å². The van der Waals surface area contributed by atoms with E-state index in [1.165, 1.54) is 25.7 Å². The molecular formula is C12H18BrN3. The first-order valence-electron chi connectivity index (χ1n) is 5.89. The van der Waals surface area contributed by atoms with E-state index in [-0.39, 0.29) is 0 Å². The van der Waals surface area contributed by atoms with E-state index in [1.807, 2.05) is 6.20 Å². The molecule has 2 heterocycles. The largest absolute Gasteiger partial charge is 0.396 e. The van der Waals surface area contributed by atoms with Crippen molar-refractivity contribution in [1.82, 2.24) is 4.98 Å². The summed E-state index contributed by atoms with van der Waals surface area (Å²) in [5.41, 5.74) is 7.93. The van der Waals surface area contributed by atoms with Crippen LogP contribution in [-0.4, -0.2) is 17.6 Å². The van der Waals surface area contributed by atoms with E-state index in [1.54, 1.807) is 6.20 Å². The van der Waals surface area contributed by atoms with E-state index < -0.39 is 0 Å². The molecule has 1 atom stereocenters. The second-order valence-corrected chi connectivity index (χ2v) is 5.16. The molecule has 2 N–H and O–H groups in total. The van der Waals surface area contributed by atoms with Gasteiger partial charge in [-0.3, -0.25) is 4.98 Å². The molecule has 0 radical (unpaired) electrons. The number of hydrogen-bond donors (Lipinski definition) is 1. The lowest BCUT2D eigenvalue weighted by atomic mass is 9.99. The number of hydrogen-bond acceptors (Lipinski definition) is 3. The van der Waals surface area contributed by atoms with Crippen LogP contribution in [0.2, 0.25) is 0 Å². The van der Waals surface area contributed by atoms with Gasteiger partial charge in [-0.15, -0.1) is 0 Å². The zero-order valence-electron chi connectivity index (χ0n) is 9.62. The Morgan fingerprint density at radius 2 is 2.31 bits per heavy atom. The number of pyridine rings is 1. The molecule has 1 aliphatic heterocycles. The molecular weight excluding hydrogens is 266 g/mol. The van der Waals surface area contributed by atoms with Gasteiger partial charge in [-0.2, -0.15) is 0 Å². The fourth-order valence-electron chi connectivity index (χ4n) is 2.47.